The second kappa shape index (κ2) is 4.78. The Hall–Kier alpha value is -0.980. The van der Waals surface area contributed by atoms with Crippen LogP contribution in [-0.2, 0) is 0 Å². The van der Waals surface area contributed by atoms with E-state index in [0.717, 1.165) is 5.56 Å². The molecule has 0 aliphatic heterocycles. The maximum atomic E-state index is 4.92. The van der Waals surface area contributed by atoms with Crippen LogP contribution in [0.25, 0.3) is 6.08 Å². The van der Waals surface area contributed by atoms with Gasteiger partial charge in [0.25, 0.3) is 0 Å². The SMILES string of the molecule is CCCC/C=C/c1ccoc1. The summed E-state index contributed by atoms with van der Waals surface area (Å²) < 4.78 is 4.92. The molecule has 0 aromatic carbocycles. The molecule has 0 aliphatic carbocycles. The number of hydrogen-bond donors (Lipinski definition) is 0. The van der Waals surface area contributed by atoms with Crippen LogP contribution in [0.15, 0.2) is 29.1 Å². The quantitative estimate of drug-likeness (QED) is 0.599. The molecule has 0 N–H and O–H groups in total. The van der Waals surface area contributed by atoms with Crippen molar-refractivity contribution in [2.75, 3.05) is 0 Å². The zero-order chi connectivity index (χ0) is 7.94. The Morgan fingerprint density at radius 3 is 3.09 bits per heavy atom. The molecule has 1 heteroatoms. The van der Waals surface area contributed by atoms with Crippen molar-refractivity contribution in [2.45, 2.75) is 26.2 Å². The van der Waals surface area contributed by atoms with E-state index in [1.807, 2.05) is 6.07 Å². The van der Waals surface area contributed by atoms with Gasteiger partial charge < -0.3 is 4.42 Å². The molecule has 1 aromatic heterocycles. The van der Waals surface area contributed by atoms with Crippen LogP contribution < -0.4 is 0 Å². The lowest BCUT2D eigenvalue weighted by atomic mass is 10.2. The first kappa shape index (κ1) is 8.12. The van der Waals surface area contributed by atoms with Crippen molar-refractivity contribution >= 4 is 6.08 Å². The minimum absolute atomic E-state index is 1.15. The van der Waals surface area contributed by atoms with Gasteiger partial charge in [0.05, 0.1) is 12.5 Å². The normalized spacial score (nSPS) is 11.0. The first-order valence-corrected chi connectivity index (χ1v) is 4.12. The summed E-state index contributed by atoms with van der Waals surface area (Å²) in [6, 6.07) is 1.96. The molecule has 0 saturated heterocycles. The van der Waals surface area contributed by atoms with E-state index < -0.39 is 0 Å². The van der Waals surface area contributed by atoms with E-state index in [2.05, 4.69) is 19.1 Å². The predicted molar refractivity (Wildman–Crippen MR) is 47.3 cm³/mol. The van der Waals surface area contributed by atoms with Gasteiger partial charge in [-0.3, -0.25) is 0 Å². The van der Waals surface area contributed by atoms with E-state index in [4.69, 9.17) is 4.42 Å². The van der Waals surface area contributed by atoms with Gasteiger partial charge in [0.1, 0.15) is 0 Å². The molecule has 60 valence electrons. The Kier molecular flexibility index (Phi) is 3.53. The average Bonchev–Trinajstić information content (AvgIpc) is 2.50. The van der Waals surface area contributed by atoms with Gasteiger partial charge in [-0.2, -0.15) is 0 Å². The highest BCUT2D eigenvalue weighted by Gasteiger charge is 1.84. The summed E-state index contributed by atoms with van der Waals surface area (Å²) in [5, 5.41) is 0. The minimum Gasteiger partial charge on any atom is -0.472 e. The van der Waals surface area contributed by atoms with Crippen molar-refractivity contribution < 1.29 is 4.42 Å². The molecule has 0 unspecified atom stereocenters. The standard InChI is InChI=1S/C10H14O/c1-2-3-4-5-6-10-7-8-11-9-10/h5-9H,2-4H2,1H3/b6-5+. The van der Waals surface area contributed by atoms with Crippen molar-refractivity contribution in [1.82, 2.24) is 0 Å². The van der Waals surface area contributed by atoms with Crippen LogP contribution in [-0.4, -0.2) is 0 Å². The second-order valence-corrected chi connectivity index (χ2v) is 2.60. The summed E-state index contributed by atoms with van der Waals surface area (Å²) in [4.78, 5) is 0. The van der Waals surface area contributed by atoms with E-state index in [9.17, 15) is 0 Å². The van der Waals surface area contributed by atoms with Crippen LogP contribution in [0.5, 0.6) is 0 Å². The van der Waals surface area contributed by atoms with E-state index >= 15 is 0 Å². The predicted octanol–water partition coefficient (Wildman–Crippen LogP) is 3.48. The molecule has 1 heterocycles. The molecule has 0 saturated carbocycles. The van der Waals surface area contributed by atoms with E-state index in [1.165, 1.54) is 19.3 Å². The Morgan fingerprint density at radius 1 is 1.55 bits per heavy atom. The van der Waals surface area contributed by atoms with E-state index in [-0.39, 0.29) is 0 Å². The van der Waals surface area contributed by atoms with E-state index in [0.29, 0.717) is 0 Å². The Balaban J connectivity index is 2.25. The third-order valence-corrected chi connectivity index (χ3v) is 1.58. The van der Waals surface area contributed by atoms with Crippen molar-refractivity contribution in [3.05, 3.63) is 30.2 Å². The molecular formula is C10H14O. The largest absolute Gasteiger partial charge is 0.472 e. The molecule has 0 aliphatic rings. The molecule has 0 amide bonds. The fourth-order valence-electron chi connectivity index (χ4n) is 0.911. The molecular weight excluding hydrogens is 136 g/mol. The van der Waals surface area contributed by atoms with Crippen molar-refractivity contribution in [2.24, 2.45) is 0 Å². The van der Waals surface area contributed by atoms with Crippen molar-refractivity contribution in [3.8, 4) is 0 Å². The van der Waals surface area contributed by atoms with Crippen LogP contribution >= 0.6 is 0 Å². The Morgan fingerprint density at radius 2 is 2.45 bits per heavy atom. The molecule has 0 atom stereocenters. The number of hydrogen-bond acceptors (Lipinski definition) is 1. The molecule has 1 aromatic rings. The smallest absolute Gasteiger partial charge is 0.0974 e. The molecule has 0 fully saturated rings. The van der Waals surface area contributed by atoms with Gasteiger partial charge in [-0.05, 0) is 12.5 Å². The molecule has 0 radical (unpaired) electrons. The van der Waals surface area contributed by atoms with Crippen molar-refractivity contribution in [1.29, 1.82) is 0 Å². The number of rotatable bonds is 4. The highest BCUT2D eigenvalue weighted by molar-refractivity contribution is 5.46. The van der Waals surface area contributed by atoms with Crippen LogP contribution in [0, 0.1) is 0 Å². The Bertz CT molecular complexity index is 197. The molecule has 0 spiro atoms. The monoisotopic (exact) mass is 150 g/mol. The fraction of sp³-hybridized carbons (Fsp3) is 0.400. The second-order valence-electron chi connectivity index (χ2n) is 2.60. The zero-order valence-electron chi connectivity index (χ0n) is 6.92. The Labute approximate surface area is 67.7 Å². The molecule has 1 rings (SSSR count). The van der Waals surface area contributed by atoms with E-state index in [1.54, 1.807) is 12.5 Å². The number of furan rings is 1. The summed E-state index contributed by atoms with van der Waals surface area (Å²) >= 11 is 0. The summed E-state index contributed by atoms with van der Waals surface area (Å²) in [5.74, 6) is 0. The third-order valence-electron chi connectivity index (χ3n) is 1.58. The van der Waals surface area contributed by atoms with Gasteiger partial charge in [-0.25, -0.2) is 0 Å². The fourth-order valence-corrected chi connectivity index (χ4v) is 0.911. The number of unbranched alkanes of at least 4 members (excludes halogenated alkanes) is 2. The van der Waals surface area contributed by atoms with Gasteiger partial charge >= 0.3 is 0 Å². The van der Waals surface area contributed by atoms with Crippen LogP contribution in [0.3, 0.4) is 0 Å². The first-order valence-electron chi connectivity index (χ1n) is 4.12. The number of allylic oxidation sites excluding steroid dienone is 1. The topological polar surface area (TPSA) is 13.1 Å². The molecule has 11 heavy (non-hydrogen) atoms. The van der Waals surface area contributed by atoms with Gasteiger partial charge in [0.2, 0.25) is 0 Å². The highest BCUT2D eigenvalue weighted by Crippen LogP contribution is 2.04. The lowest BCUT2D eigenvalue weighted by Crippen LogP contribution is -1.66. The first-order chi connectivity index (χ1) is 5.43. The van der Waals surface area contributed by atoms with Crippen LogP contribution in [0.2, 0.25) is 0 Å². The third kappa shape index (κ3) is 3.08. The summed E-state index contributed by atoms with van der Waals surface area (Å²) in [5.41, 5.74) is 1.15. The zero-order valence-corrected chi connectivity index (χ0v) is 6.92. The summed E-state index contributed by atoms with van der Waals surface area (Å²) in [7, 11) is 0. The van der Waals surface area contributed by atoms with Gasteiger partial charge in [-0.15, -0.1) is 0 Å². The lowest BCUT2D eigenvalue weighted by molar-refractivity contribution is 0.567. The average molecular weight is 150 g/mol. The van der Waals surface area contributed by atoms with Gasteiger partial charge in [-0.1, -0.05) is 31.9 Å². The minimum atomic E-state index is 1.15. The lowest BCUT2D eigenvalue weighted by Gasteiger charge is -1.86. The summed E-state index contributed by atoms with van der Waals surface area (Å²) in [6.07, 6.45) is 11.4. The maximum absolute atomic E-state index is 4.92. The molecule has 0 bridgehead atoms. The maximum Gasteiger partial charge on any atom is 0.0974 e. The summed E-state index contributed by atoms with van der Waals surface area (Å²) in [6.45, 7) is 2.20. The highest BCUT2D eigenvalue weighted by atomic mass is 16.3. The van der Waals surface area contributed by atoms with Gasteiger partial charge in [0.15, 0.2) is 0 Å². The van der Waals surface area contributed by atoms with Gasteiger partial charge in [0, 0.05) is 5.56 Å². The van der Waals surface area contributed by atoms with Crippen LogP contribution in [0.4, 0.5) is 0 Å². The molecule has 1 nitrogen and oxygen atoms in total. The van der Waals surface area contributed by atoms with Crippen LogP contribution in [0.1, 0.15) is 31.7 Å². The van der Waals surface area contributed by atoms with Crippen molar-refractivity contribution in [3.63, 3.8) is 0 Å².